The fraction of sp³-hybridized carbons (Fsp3) is 0.750. The number of nitrogens with one attached hydrogen (secondary N) is 1. The second kappa shape index (κ2) is 3.91. The average molecular weight is 238 g/mol. The summed E-state index contributed by atoms with van der Waals surface area (Å²) in [5, 5.41) is 13.7. The highest BCUT2D eigenvalue weighted by atomic mass is 32.1. The van der Waals surface area contributed by atoms with E-state index in [0.717, 1.165) is 34.3 Å². The van der Waals surface area contributed by atoms with E-state index in [0.29, 0.717) is 0 Å². The van der Waals surface area contributed by atoms with Crippen LogP contribution in [0.15, 0.2) is 0 Å². The molecular weight excluding hydrogens is 220 g/mol. The smallest absolute Gasteiger partial charge is 0.226 e. The number of hydrogen-bond acceptors (Lipinski definition) is 4. The number of aromatic hydroxyl groups is 1. The molecule has 2 aliphatic rings. The standard InChI is InChI=1S/C12H18N2OS/c1-7-11(15)14-12(16-7)13-6-10-5-8-2-3-9(10)4-8/h8-10,15H,2-6H2,1H3,(H,13,14)/t8-,9+,10-/m1/s1. The zero-order chi connectivity index (χ0) is 11.1. The van der Waals surface area contributed by atoms with Gasteiger partial charge in [0.05, 0.1) is 4.88 Å². The monoisotopic (exact) mass is 238 g/mol. The van der Waals surface area contributed by atoms with Crippen molar-refractivity contribution >= 4 is 16.5 Å². The molecule has 2 fully saturated rings. The van der Waals surface area contributed by atoms with Gasteiger partial charge >= 0.3 is 0 Å². The Bertz CT molecular complexity index is 371. The van der Waals surface area contributed by atoms with Crippen LogP contribution >= 0.6 is 11.3 Å². The van der Waals surface area contributed by atoms with E-state index >= 15 is 0 Å². The fourth-order valence-corrected chi connectivity index (χ4v) is 4.02. The van der Waals surface area contributed by atoms with Crippen LogP contribution in [0.1, 0.15) is 30.6 Å². The third-order valence-electron chi connectivity index (χ3n) is 4.17. The summed E-state index contributed by atoms with van der Waals surface area (Å²) in [5.41, 5.74) is 0. The number of fused-ring (bicyclic) bond motifs is 2. The molecule has 1 heterocycles. The van der Waals surface area contributed by atoms with Crippen LogP contribution in [-0.2, 0) is 0 Å². The van der Waals surface area contributed by atoms with E-state index in [9.17, 15) is 5.11 Å². The predicted molar refractivity (Wildman–Crippen MR) is 65.9 cm³/mol. The molecule has 3 atom stereocenters. The maximum atomic E-state index is 9.40. The first-order chi connectivity index (χ1) is 7.72. The molecule has 0 amide bonds. The van der Waals surface area contributed by atoms with Crippen molar-refractivity contribution in [1.82, 2.24) is 4.98 Å². The Hall–Kier alpha value is -0.770. The molecule has 0 unspecified atom stereocenters. The van der Waals surface area contributed by atoms with Gasteiger partial charge in [-0.25, -0.2) is 0 Å². The van der Waals surface area contributed by atoms with Crippen LogP contribution in [0.5, 0.6) is 5.88 Å². The highest BCUT2D eigenvalue weighted by Gasteiger charge is 2.39. The zero-order valence-electron chi connectivity index (χ0n) is 9.57. The highest BCUT2D eigenvalue weighted by Crippen LogP contribution is 2.48. The molecule has 0 saturated heterocycles. The number of hydrogen-bond donors (Lipinski definition) is 2. The molecule has 16 heavy (non-hydrogen) atoms. The number of nitrogens with zero attached hydrogens (tertiary/aromatic N) is 1. The predicted octanol–water partition coefficient (Wildman–Crippen LogP) is 3.01. The fourth-order valence-electron chi connectivity index (χ4n) is 3.31. The average Bonchev–Trinajstić information content (AvgIpc) is 2.92. The number of anilines is 1. The third kappa shape index (κ3) is 1.79. The molecule has 3 nitrogen and oxygen atoms in total. The second-order valence-corrected chi connectivity index (χ2v) is 6.42. The van der Waals surface area contributed by atoms with Crippen molar-refractivity contribution < 1.29 is 5.11 Å². The topological polar surface area (TPSA) is 45.2 Å². The van der Waals surface area contributed by atoms with Crippen LogP contribution in [0.3, 0.4) is 0 Å². The number of thiazole rings is 1. The molecule has 0 aliphatic heterocycles. The van der Waals surface area contributed by atoms with Crippen LogP contribution in [-0.4, -0.2) is 16.6 Å². The number of aryl methyl sites for hydroxylation is 1. The van der Waals surface area contributed by atoms with E-state index < -0.39 is 0 Å². The zero-order valence-corrected chi connectivity index (χ0v) is 10.4. The molecule has 3 rings (SSSR count). The largest absolute Gasteiger partial charge is 0.492 e. The van der Waals surface area contributed by atoms with E-state index in [1.807, 2.05) is 6.92 Å². The molecule has 2 saturated carbocycles. The second-order valence-electron chi connectivity index (χ2n) is 5.21. The lowest BCUT2D eigenvalue weighted by atomic mass is 9.89. The van der Waals surface area contributed by atoms with Crippen LogP contribution in [0.25, 0.3) is 0 Å². The molecule has 0 spiro atoms. The van der Waals surface area contributed by atoms with E-state index in [-0.39, 0.29) is 5.88 Å². The molecule has 2 N–H and O–H groups in total. The van der Waals surface area contributed by atoms with Crippen molar-refractivity contribution in [2.45, 2.75) is 32.6 Å². The molecule has 2 bridgehead atoms. The van der Waals surface area contributed by atoms with E-state index in [4.69, 9.17) is 0 Å². The van der Waals surface area contributed by atoms with E-state index in [1.54, 1.807) is 11.3 Å². The Balaban J connectivity index is 1.57. The van der Waals surface area contributed by atoms with Crippen molar-refractivity contribution in [3.8, 4) is 5.88 Å². The van der Waals surface area contributed by atoms with E-state index in [2.05, 4.69) is 10.3 Å². The van der Waals surface area contributed by atoms with Gasteiger partial charge in [-0.2, -0.15) is 4.98 Å². The van der Waals surface area contributed by atoms with Crippen molar-refractivity contribution in [3.05, 3.63) is 4.88 Å². The summed E-state index contributed by atoms with van der Waals surface area (Å²) in [7, 11) is 0. The number of aromatic nitrogens is 1. The molecule has 0 radical (unpaired) electrons. The molecular formula is C12H18N2OS. The Morgan fingerprint density at radius 2 is 2.31 bits per heavy atom. The summed E-state index contributed by atoms with van der Waals surface area (Å²) in [5.74, 6) is 2.97. The minimum atomic E-state index is 0.181. The Labute approximate surface area is 99.9 Å². The van der Waals surface area contributed by atoms with Crippen LogP contribution < -0.4 is 5.32 Å². The summed E-state index contributed by atoms with van der Waals surface area (Å²) in [6, 6.07) is 0. The SMILES string of the molecule is Cc1sc(NC[C@H]2C[C@@H]3CC[C@H]2C3)nc1O. The third-order valence-corrected chi connectivity index (χ3v) is 5.09. The van der Waals surface area contributed by atoms with Gasteiger partial charge in [0, 0.05) is 6.54 Å². The van der Waals surface area contributed by atoms with Gasteiger partial charge in [-0.05, 0) is 43.9 Å². The van der Waals surface area contributed by atoms with Gasteiger partial charge in [0.1, 0.15) is 0 Å². The molecule has 2 aliphatic carbocycles. The van der Waals surface area contributed by atoms with Crippen LogP contribution in [0, 0.1) is 24.7 Å². The molecule has 0 aromatic carbocycles. The van der Waals surface area contributed by atoms with Gasteiger partial charge in [-0.3, -0.25) is 0 Å². The minimum Gasteiger partial charge on any atom is -0.492 e. The quantitative estimate of drug-likeness (QED) is 0.851. The minimum absolute atomic E-state index is 0.181. The van der Waals surface area contributed by atoms with Gasteiger partial charge in [-0.15, -0.1) is 0 Å². The van der Waals surface area contributed by atoms with Gasteiger partial charge < -0.3 is 10.4 Å². The lowest BCUT2D eigenvalue weighted by molar-refractivity contribution is 0.348. The maximum Gasteiger partial charge on any atom is 0.226 e. The lowest BCUT2D eigenvalue weighted by Gasteiger charge is -2.21. The maximum absolute atomic E-state index is 9.40. The summed E-state index contributed by atoms with van der Waals surface area (Å²) in [6.07, 6.45) is 5.74. The summed E-state index contributed by atoms with van der Waals surface area (Å²) in [4.78, 5) is 4.99. The van der Waals surface area contributed by atoms with Crippen molar-refractivity contribution in [2.24, 2.45) is 17.8 Å². The molecule has 88 valence electrons. The van der Waals surface area contributed by atoms with Crippen LogP contribution in [0.4, 0.5) is 5.13 Å². The highest BCUT2D eigenvalue weighted by molar-refractivity contribution is 7.15. The normalized spacial score (nSPS) is 32.2. The molecule has 1 aromatic rings. The lowest BCUT2D eigenvalue weighted by Crippen LogP contribution is -2.19. The van der Waals surface area contributed by atoms with Gasteiger partial charge in [0.15, 0.2) is 5.13 Å². The van der Waals surface area contributed by atoms with Crippen molar-refractivity contribution in [1.29, 1.82) is 0 Å². The Kier molecular flexibility index (Phi) is 2.54. The van der Waals surface area contributed by atoms with E-state index in [1.165, 1.54) is 25.7 Å². The summed E-state index contributed by atoms with van der Waals surface area (Å²) < 4.78 is 0. The molecule has 4 heteroatoms. The van der Waals surface area contributed by atoms with Gasteiger partial charge in [0.2, 0.25) is 5.88 Å². The van der Waals surface area contributed by atoms with Crippen molar-refractivity contribution in [3.63, 3.8) is 0 Å². The number of rotatable bonds is 3. The molecule has 1 aromatic heterocycles. The summed E-state index contributed by atoms with van der Waals surface area (Å²) >= 11 is 1.55. The summed E-state index contributed by atoms with van der Waals surface area (Å²) in [6.45, 7) is 2.93. The van der Waals surface area contributed by atoms with Gasteiger partial charge in [0.25, 0.3) is 0 Å². The van der Waals surface area contributed by atoms with Crippen LogP contribution in [0.2, 0.25) is 0 Å². The Morgan fingerprint density at radius 1 is 1.44 bits per heavy atom. The van der Waals surface area contributed by atoms with Crippen molar-refractivity contribution in [2.75, 3.05) is 11.9 Å². The first-order valence-corrected chi connectivity index (χ1v) is 6.94. The first-order valence-electron chi connectivity index (χ1n) is 6.12. The van der Waals surface area contributed by atoms with Gasteiger partial charge in [-0.1, -0.05) is 17.8 Å². The first kappa shape index (κ1) is 10.4. The Morgan fingerprint density at radius 3 is 2.88 bits per heavy atom.